The van der Waals surface area contributed by atoms with E-state index >= 15 is 0 Å². The Bertz CT molecular complexity index is 3030. The quantitative estimate of drug-likeness (QED) is 0.172. The van der Waals surface area contributed by atoms with Gasteiger partial charge in [0.2, 0.25) is 0 Å². The third-order valence-electron chi connectivity index (χ3n) is 10.4. The van der Waals surface area contributed by atoms with Crippen molar-refractivity contribution in [3.63, 3.8) is 0 Å². The number of para-hydroxylation sites is 1. The summed E-state index contributed by atoms with van der Waals surface area (Å²) in [6.07, 6.45) is 0. The van der Waals surface area contributed by atoms with Crippen molar-refractivity contribution >= 4 is 54.0 Å². The summed E-state index contributed by atoms with van der Waals surface area (Å²) in [6.45, 7) is 4.44. The SMILES string of the molecule is CC(C)c1nc2cc(-c3cccc(-c4ccc5ccccc5c4-c4cccc(-c5nc(-c6ccccc6)nc6ccccc56)c4)c3)c3ccccc3c2s1. The second kappa shape index (κ2) is 13.2. The monoisotopic (exact) mass is 709 g/mol. The van der Waals surface area contributed by atoms with Crippen molar-refractivity contribution in [1.29, 1.82) is 0 Å². The van der Waals surface area contributed by atoms with Gasteiger partial charge in [0.1, 0.15) is 0 Å². The van der Waals surface area contributed by atoms with Crippen LogP contribution >= 0.6 is 11.3 Å². The molecule has 0 aliphatic heterocycles. The minimum Gasteiger partial charge on any atom is -0.241 e. The van der Waals surface area contributed by atoms with E-state index in [0.717, 1.165) is 44.6 Å². The third kappa shape index (κ3) is 5.55. The zero-order valence-electron chi connectivity index (χ0n) is 30.0. The Kier molecular flexibility index (Phi) is 7.85. The van der Waals surface area contributed by atoms with E-state index in [2.05, 4.69) is 159 Å². The molecule has 0 atom stereocenters. The van der Waals surface area contributed by atoms with Crippen molar-refractivity contribution < 1.29 is 0 Å². The molecule has 54 heavy (non-hydrogen) atoms. The van der Waals surface area contributed by atoms with Crippen molar-refractivity contribution in [3.05, 3.63) is 175 Å². The summed E-state index contributed by atoms with van der Waals surface area (Å²) in [7, 11) is 0. The second-order valence-electron chi connectivity index (χ2n) is 14.2. The molecule has 10 rings (SSSR count). The molecule has 0 spiro atoms. The zero-order valence-corrected chi connectivity index (χ0v) is 30.8. The number of hydrogen-bond donors (Lipinski definition) is 0. The molecule has 10 aromatic rings. The van der Waals surface area contributed by atoms with Gasteiger partial charge in [0.25, 0.3) is 0 Å². The van der Waals surface area contributed by atoms with Crippen LogP contribution in [0.25, 0.3) is 98.7 Å². The molecular weight excluding hydrogens is 675 g/mol. The first-order valence-corrected chi connectivity index (χ1v) is 19.3. The van der Waals surface area contributed by atoms with Crippen LogP contribution in [-0.4, -0.2) is 15.0 Å². The van der Waals surface area contributed by atoms with Gasteiger partial charge >= 0.3 is 0 Å². The van der Waals surface area contributed by atoms with Crippen LogP contribution in [0.1, 0.15) is 24.8 Å². The molecule has 0 N–H and O–H groups in total. The smallest absolute Gasteiger partial charge is 0.160 e. The first kappa shape index (κ1) is 32.2. The number of rotatable bonds is 6. The molecule has 0 fully saturated rings. The van der Waals surface area contributed by atoms with Crippen molar-refractivity contribution in [2.45, 2.75) is 19.8 Å². The number of aromatic nitrogens is 3. The van der Waals surface area contributed by atoms with E-state index < -0.39 is 0 Å². The largest absolute Gasteiger partial charge is 0.241 e. The Hall–Kier alpha value is -6.49. The van der Waals surface area contributed by atoms with Gasteiger partial charge in [0, 0.05) is 27.8 Å². The lowest BCUT2D eigenvalue weighted by molar-refractivity contribution is 0.857. The van der Waals surface area contributed by atoms with Crippen molar-refractivity contribution in [1.82, 2.24) is 15.0 Å². The molecule has 0 saturated carbocycles. The average molecular weight is 710 g/mol. The fourth-order valence-corrected chi connectivity index (χ4v) is 8.85. The molecule has 256 valence electrons. The van der Waals surface area contributed by atoms with Crippen molar-refractivity contribution in [2.75, 3.05) is 0 Å². The van der Waals surface area contributed by atoms with Crippen molar-refractivity contribution in [3.8, 4) is 56.0 Å². The Morgan fingerprint density at radius 1 is 0.426 bits per heavy atom. The highest BCUT2D eigenvalue weighted by Crippen LogP contribution is 2.43. The van der Waals surface area contributed by atoms with Gasteiger partial charge in [0.05, 0.1) is 26.4 Å². The van der Waals surface area contributed by atoms with Crippen LogP contribution in [0.4, 0.5) is 0 Å². The fourth-order valence-electron chi connectivity index (χ4n) is 7.77. The molecular formula is C50H35N3S. The van der Waals surface area contributed by atoms with Crippen LogP contribution in [0.3, 0.4) is 0 Å². The van der Waals surface area contributed by atoms with E-state index in [9.17, 15) is 0 Å². The van der Waals surface area contributed by atoms with Crippen LogP contribution in [0, 0.1) is 0 Å². The molecule has 2 heterocycles. The summed E-state index contributed by atoms with van der Waals surface area (Å²) in [4.78, 5) is 15.3. The second-order valence-corrected chi connectivity index (χ2v) is 15.2. The average Bonchev–Trinajstić information content (AvgIpc) is 3.68. The molecule has 2 aromatic heterocycles. The number of fused-ring (bicyclic) bond motifs is 5. The maximum atomic E-state index is 5.21. The molecule has 4 heteroatoms. The van der Waals surface area contributed by atoms with Crippen LogP contribution < -0.4 is 0 Å². The molecule has 3 nitrogen and oxygen atoms in total. The predicted molar refractivity (Wildman–Crippen MR) is 229 cm³/mol. The van der Waals surface area contributed by atoms with Crippen LogP contribution in [0.2, 0.25) is 0 Å². The van der Waals surface area contributed by atoms with E-state index in [1.165, 1.54) is 59.1 Å². The summed E-state index contributed by atoms with van der Waals surface area (Å²) >= 11 is 1.82. The van der Waals surface area contributed by atoms with Gasteiger partial charge in [-0.05, 0) is 73.8 Å². The van der Waals surface area contributed by atoms with E-state index in [-0.39, 0.29) is 0 Å². The van der Waals surface area contributed by atoms with Crippen molar-refractivity contribution in [2.24, 2.45) is 0 Å². The van der Waals surface area contributed by atoms with Crippen LogP contribution in [0.15, 0.2) is 170 Å². The highest BCUT2D eigenvalue weighted by molar-refractivity contribution is 7.19. The maximum absolute atomic E-state index is 5.21. The molecule has 0 radical (unpaired) electrons. The van der Waals surface area contributed by atoms with E-state index in [1.54, 1.807) is 0 Å². The molecule has 8 aromatic carbocycles. The lowest BCUT2D eigenvalue weighted by atomic mass is 9.87. The van der Waals surface area contributed by atoms with Gasteiger partial charge in [-0.25, -0.2) is 15.0 Å². The maximum Gasteiger partial charge on any atom is 0.160 e. The van der Waals surface area contributed by atoms with Gasteiger partial charge in [-0.3, -0.25) is 0 Å². The topological polar surface area (TPSA) is 38.7 Å². The van der Waals surface area contributed by atoms with E-state index in [1.807, 2.05) is 35.6 Å². The first-order chi connectivity index (χ1) is 26.6. The fraction of sp³-hybridized carbons (Fsp3) is 0.0600. The zero-order chi connectivity index (χ0) is 36.2. The first-order valence-electron chi connectivity index (χ1n) is 18.5. The molecule has 0 bridgehead atoms. The lowest BCUT2D eigenvalue weighted by Crippen LogP contribution is -1.95. The predicted octanol–water partition coefficient (Wildman–Crippen LogP) is 14.0. The number of benzene rings is 8. The Labute approximate surface area is 318 Å². The number of thiazole rings is 1. The van der Waals surface area contributed by atoms with Crippen LogP contribution in [-0.2, 0) is 0 Å². The minimum absolute atomic E-state index is 0.386. The highest BCUT2D eigenvalue weighted by Gasteiger charge is 2.18. The summed E-state index contributed by atoms with van der Waals surface area (Å²) in [5, 5.41) is 7.14. The third-order valence-corrected chi connectivity index (χ3v) is 11.8. The van der Waals surface area contributed by atoms with Gasteiger partial charge in [0.15, 0.2) is 5.82 Å². The standard InChI is InChI=1S/C50H35N3S/c1-31(2)50-52-45-30-43(40-22-8-9-23-41(40)48(45)54-50)35-18-12-17-34(28-35)39-27-26-32-14-6-7-21-38(32)46(39)36-19-13-20-37(29-36)47-42-24-10-11-25-44(42)51-49(53-47)33-15-4-3-5-16-33/h3-31H,1-2H3. The van der Waals surface area contributed by atoms with Gasteiger partial charge in [-0.1, -0.05) is 159 Å². The van der Waals surface area contributed by atoms with Gasteiger partial charge in [-0.2, -0.15) is 0 Å². The van der Waals surface area contributed by atoms with Gasteiger partial charge < -0.3 is 0 Å². The Balaban J connectivity index is 1.16. The molecule has 0 aliphatic rings. The lowest BCUT2D eigenvalue weighted by Gasteiger charge is -2.17. The summed E-state index contributed by atoms with van der Waals surface area (Å²) in [5.74, 6) is 1.11. The molecule has 0 unspecified atom stereocenters. The summed E-state index contributed by atoms with van der Waals surface area (Å²) in [5.41, 5.74) is 12.1. The molecule has 0 amide bonds. The number of hydrogen-bond acceptors (Lipinski definition) is 4. The highest BCUT2D eigenvalue weighted by atomic mass is 32.1. The normalized spacial score (nSPS) is 11.7. The minimum atomic E-state index is 0.386. The Morgan fingerprint density at radius 3 is 1.87 bits per heavy atom. The summed E-state index contributed by atoms with van der Waals surface area (Å²) in [6, 6.07) is 60.7. The van der Waals surface area contributed by atoms with Crippen LogP contribution in [0.5, 0.6) is 0 Å². The van der Waals surface area contributed by atoms with Gasteiger partial charge in [-0.15, -0.1) is 11.3 Å². The Morgan fingerprint density at radius 2 is 1.06 bits per heavy atom. The number of nitrogens with zero attached hydrogens (tertiary/aromatic N) is 3. The molecule has 0 saturated heterocycles. The van der Waals surface area contributed by atoms with E-state index in [4.69, 9.17) is 15.0 Å². The summed E-state index contributed by atoms with van der Waals surface area (Å²) < 4.78 is 1.26. The molecule has 0 aliphatic carbocycles. The van der Waals surface area contributed by atoms with E-state index in [0.29, 0.717) is 5.92 Å².